The van der Waals surface area contributed by atoms with Crippen molar-refractivity contribution in [2.24, 2.45) is 0 Å². The highest BCUT2D eigenvalue weighted by Gasteiger charge is 2.13. The maximum absolute atomic E-state index is 11.9. The van der Waals surface area contributed by atoms with Crippen molar-refractivity contribution in [1.82, 2.24) is 25.0 Å². The summed E-state index contributed by atoms with van der Waals surface area (Å²) in [5.74, 6) is 0.908. The number of anilines is 1. The third kappa shape index (κ3) is 4.49. The molecule has 0 aliphatic carbocycles. The minimum absolute atomic E-state index is 0.136. The van der Waals surface area contributed by atoms with E-state index in [1.807, 2.05) is 18.4 Å². The third-order valence-electron chi connectivity index (χ3n) is 2.77. The largest absolute Gasteiger partial charge is 0.383 e. The molecular formula is C12H18N6O2S2. The van der Waals surface area contributed by atoms with Gasteiger partial charge in [0.25, 0.3) is 0 Å². The summed E-state index contributed by atoms with van der Waals surface area (Å²) in [6.45, 7) is 5.11. The van der Waals surface area contributed by atoms with Crippen LogP contribution in [-0.4, -0.2) is 50.3 Å². The smallest absolute Gasteiger partial charge is 0.236 e. The molecule has 0 spiro atoms. The Balaban J connectivity index is 1.88. The average molecular weight is 342 g/mol. The molecule has 0 aromatic carbocycles. The van der Waals surface area contributed by atoms with Crippen LogP contribution < -0.4 is 5.32 Å². The molecule has 22 heavy (non-hydrogen) atoms. The Kier molecular flexibility index (Phi) is 6.28. The van der Waals surface area contributed by atoms with E-state index < -0.39 is 0 Å². The summed E-state index contributed by atoms with van der Waals surface area (Å²) >= 11 is 2.72. The first kappa shape index (κ1) is 16.8. The van der Waals surface area contributed by atoms with E-state index in [-0.39, 0.29) is 11.7 Å². The second kappa shape index (κ2) is 8.20. The van der Waals surface area contributed by atoms with Gasteiger partial charge in [0, 0.05) is 13.7 Å². The zero-order chi connectivity index (χ0) is 15.9. The molecule has 0 atom stereocenters. The van der Waals surface area contributed by atoms with Crippen LogP contribution in [0.4, 0.5) is 5.13 Å². The Hall–Kier alpha value is -1.52. The van der Waals surface area contributed by atoms with Gasteiger partial charge < -0.3 is 9.30 Å². The second-order valence-electron chi connectivity index (χ2n) is 4.37. The summed E-state index contributed by atoms with van der Waals surface area (Å²) < 4.78 is 7.00. The fourth-order valence-electron chi connectivity index (χ4n) is 1.64. The lowest BCUT2D eigenvalue weighted by molar-refractivity contribution is -0.113. The molecular weight excluding hydrogens is 324 g/mol. The highest BCUT2D eigenvalue weighted by Crippen LogP contribution is 2.19. The summed E-state index contributed by atoms with van der Waals surface area (Å²) in [4.78, 5) is 11.9. The van der Waals surface area contributed by atoms with Crippen molar-refractivity contribution in [1.29, 1.82) is 0 Å². The quantitative estimate of drug-likeness (QED) is 0.724. The zero-order valence-electron chi connectivity index (χ0n) is 12.7. The maximum Gasteiger partial charge on any atom is 0.236 e. The van der Waals surface area contributed by atoms with Gasteiger partial charge in [-0.1, -0.05) is 30.0 Å². The predicted octanol–water partition coefficient (Wildman–Crippen LogP) is 1.38. The number of thioether (sulfide) groups is 1. The monoisotopic (exact) mass is 342 g/mol. The third-order valence-corrected chi connectivity index (χ3v) is 4.72. The summed E-state index contributed by atoms with van der Waals surface area (Å²) in [5, 5.41) is 20.9. The minimum atomic E-state index is -0.136. The molecule has 120 valence electrons. The Labute approximate surface area is 136 Å². The molecule has 1 N–H and O–H groups in total. The van der Waals surface area contributed by atoms with Crippen LogP contribution in [0.1, 0.15) is 17.8 Å². The Bertz CT molecular complexity index is 627. The summed E-state index contributed by atoms with van der Waals surface area (Å²) in [7, 11) is 1.65. The van der Waals surface area contributed by atoms with Gasteiger partial charge in [-0.2, -0.15) is 0 Å². The first-order chi connectivity index (χ1) is 10.6. The lowest BCUT2D eigenvalue weighted by Crippen LogP contribution is -2.15. The number of carbonyl (C=O) groups is 1. The van der Waals surface area contributed by atoms with Gasteiger partial charge in [0.15, 0.2) is 5.16 Å². The van der Waals surface area contributed by atoms with Crippen molar-refractivity contribution in [3.8, 4) is 0 Å². The summed E-state index contributed by atoms with van der Waals surface area (Å²) in [5.41, 5.74) is 0. The molecule has 2 aromatic rings. The molecule has 0 saturated carbocycles. The van der Waals surface area contributed by atoms with Gasteiger partial charge in [-0.3, -0.25) is 10.1 Å². The number of nitrogens with one attached hydrogen (secondary N) is 1. The molecule has 1 amide bonds. The van der Waals surface area contributed by atoms with E-state index in [4.69, 9.17) is 4.74 Å². The second-order valence-corrected chi connectivity index (χ2v) is 6.37. The number of aryl methyl sites for hydroxylation is 2. The number of amides is 1. The van der Waals surface area contributed by atoms with Gasteiger partial charge in [0.05, 0.1) is 12.4 Å². The van der Waals surface area contributed by atoms with Gasteiger partial charge in [-0.05, 0) is 13.3 Å². The van der Waals surface area contributed by atoms with E-state index in [2.05, 4.69) is 25.7 Å². The predicted molar refractivity (Wildman–Crippen MR) is 85.3 cm³/mol. The minimum Gasteiger partial charge on any atom is -0.383 e. The van der Waals surface area contributed by atoms with Crippen molar-refractivity contribution < 1.29 is 9.53 Å². The number of nitrogens with zero attached hydrogens (tertiary/aromatic N) is 5. The van der Waals surface area contributed by atoms with Crippen LogP contribution in [0.25, 0.3) is 0 Å². The van der Waals surface area contributed by atoms with Gasteiger partial charge in [-0.25, -0.2) is 0 Å². The fourth-order valence-corrected chi connectivity index (χ4v) is 3.15. The van der Waals surface area contributed by atoms with Crippen LogP contribution in [0.3, 0.4) is 0 Å². The van der Waals surface area contributed by atoms with E-state index in [0.29, 0.717) is 23.4 Å². The van der Waals surface area contributed by atoms with Crippen LogP contribution >= 0.6 is 23.1 Å². The van der Waals surface area contributed by atoms with E-state index >= 15 is 0 Å². The van der Waals surface area contributed by atoms with E-state index in [1.54, 1.807) is 7.11 Å². The molecule has 8 nitrogen and oxygen atoms in total. The topological polar surface area (TPSA) is 94.8 Å². The highest BCUT2D eigenvalue weighted by molar-refractivity contribution is 7.99. The van der Waals surface area contributed by atoms with E-state index in [1.165, 1.54) is 23.1 Å². The first-order valence-corrected chi connectivity index (χ1v) is 8.58. The van der Waals surface area contributed by atoms with Gasteiger partial charge in [-0.15, -0.1) is 20.4 Å². The van der Waals surface area contributed by atoms with E-state index in [0.717, 1.165) is 17.3 Å². The average Bonchev–Trinajstić information content (AvgIpc) is 3.10. The van der Waals surface area contributed by atoms with Crippen LogP contribution in [0.5, 0.6) is 0 Å². The van der Waals surface area contributed by atoms with Crippen LogP contribution in [-0.2, 0) is 22.5 Å². The lowest BCUT2D eigenvalue weighted by Gasteiger charge is -2.07. The fraction of sp³-hybridized carbons (Fsp3) is 0.583. The summed E-state index contributed by atoms with van der Waals surface area (Å²) in [6.07, 6.45) is 0.810. The number of aromatic nitrogens is 5. The molecule has 0 saturated heterocycles. The van der Waals surface area contributed by atoms with E-state index in [9.17, 15) is 4.79 Å². The van der Waals surface area contributed by atoms with Crippen LogP contribution in [0, 0.1) is 6.92 Å². The number of rotatable bonds is 8. The molecule has 0 aliphatic rings. The molecule has 10 heteroatoms. The van der Waals surface area contributed by atoms with Gasteiger partial charge in [0.2, 0.25) is 11.0 Å². The van der Waals surface area contributed by atoms with Crippen molar-refractivity contribution in [2.45, 2.75) is 32.0 Å². The molecule has 0 unspecified atom stereocenters. The van der Waals surface area contributed by atoms with Crippen molar-refractivity contribution >= 4 is 34.1 Å². The van der Waals surface area contributed by atoms with Gasteiger partial charge >= 0.3 is 0 Å². The lowest BCUT2D eigenvalue weighted by atomic mass is 10.5. The molecule has 0 fully saturated rings. The zero-order valence-corrected chi connectivity index (χ0v) is 14.3. The molecule has 2 rings (SSSR count). The SMILES string of the molecule is CCc1nnc(NC(=O)CSc2nnc(C)n2CCOC)s1. The number of hydrogen-bond donors (Lipinski definition) is 1. The number of carbonyl (C=O) groups excluding carboxylic acids is 1. The Morgan fingerprint density at radius 3 is 2.86 bits per heavy atom. The normalized spacial score (nSPS) is 10.9. The number of hydrogen-bond acceptors (Lipinski definition) is 8. The molecule has 0 aliphatic heterocycles. The van der Waals surface area contributed by atoms with Crippen molar-refractivity contribution in [3.63, 3.8) is 0 Å². The maximum atomic E-state index is 11.9. The Morgan fingerprint density at radius 2 is 2.18 bits per heavy atom. The molecule has 0 bridgehead atoms. The van der Waals surface area contributed by atoms with Crippen molar-refractivity contribution in [3.05, 3.63) is 10.8 Å². The molecule has 2 aromatic heterocycles. The number of methoxy groups -OCH3 is 1. The Morgan fingerprint density at radius 1 is 1.36 bits per heavy atom. The van der Waals surface area contributed by atoms with Crippen molar-refractivity contribution in [2.75, 3.05) is 24.8 Å². The number of ether oxygens (including phenoxy) is 1. The first-order valence-electron chi connectivity index (χ1n) is 6.77. The molecule has 0 radical (unpaired) electrons. The van der Waals surface area contributed by atoms with Crippen LogP contribution in [0.2, 0.25) is 0 Å². The standard InChI is InChI=1S/C12H18N6O2S2/c1-4-10-15-16-11(22-10)13-9(19)7-21-12-17-14-8(2)18(12)5-6-20-3/h4-7H2,1-3H3,(H,13,16,19). The molecule has 2 heterocycles. The summed E-state index contributed by atoms with van der Waals surface area (Å²) in [6, 6.07) is 0. The highest BCUT2D eigenvalue weighted by atomic mass is 32.2. The van der Waals surface area contributed by atoms with Gasteiger partial charge in [0.1, 0.15) is 10.8 Å². The van der Waals surface area contributed by atoms with Crippen LogP contribution in [0.15, 0.2) is 5.16 Å².